The molecule has 1 aliphatic rings. The zero-order valence-corrected chi connectivity index (χ0v) is 9.46. The highest BCUT2D eigenvalue weighted by atomic mass is 16.5. The van der Waals surface area contributed by atoms with E-state index in [1.165, 1.54) is 25.7 Å². The molecule has 0 aliphatic carbocycles. The molecule has 0 aromatic carbocycles. The molecule has 84 valence electrons. The Morgan fingerprint density at radius 1 is 1.43 bits per heavy atom. The summed E-state index contributed by atoms with van der Waals surface area (Å²) in [5.41, 5.74) is 2.96. The lowest BCUT2D eigenvalue weighted by Crippen LogP contribution is -2.41. The fourth-order valence-electron chi connectivity index (χ4n) is 2.09. The molecule has 1 heterocycles. The second-order valence-corrected chi connectivity index (χ2v) is 4.45. The Labute approximate surface area is 87.4 Å². The summed E-state index contributed by atoms with van der Waals surface area (Å²) in [7, 11) is 0. The highest BCUT2D eigenvalue weighted by Gasteiger charge is 2.21. The van der Waals surface area contributed by atoms with Crippen molar-refractivity contribution in [3.63, 3.8) is 0 Å². The van der Waals surface area contributed by atoms with Crippen molar-refractivity contribution in [1.29, 1.82) is 0 Å². The Balaban J connectivity index is 2.30. The van der Waals surface area contributed by atoms with Gasteiger partial charge < -0.3 is 4.74 Å². The Kier molecular flexibility index (Phi) is 5.45. The lowest BCUT2D eigenvalue weighted by molar-refractivity contribution is 0.0581. The molecular formula is C11H24N2O. The lowest BCUT2D eigenvalue weighted by atomic mass is 9.87. The maximum absolute atomic E-state index is 5.59. The molecule has 1 fully saturated rings. The fourth-order valence-corrected chi connectivity index (χ4v) is 2.09. The van der Waals surface area contributed by atoms with E-state index in [9.17, 15) is 0 Å². The van der Waals surface area contributed by atoms with Crippen LogP contribution in [0.1, 0.15) is 39.5 Å². The Hall–Kier alpha value is -0.120. The van der Waals surface area contributed by atoms with E-state index < -0.39 is 0 Å². The summed E-state index contributed by atoms with van der Waals surface area (Å²) in [6.45, 7) is 6.35. The molecule has 0 aromatic rings. The van der Waals surface area contributed by atoms with Crippen molar-refractivity contribution in [2.45, 2.75) is 45.6 Å². The van der Waals surface area contributed by atoms with Crippen molar-refractivity contribution < 1.29 is 4.74 Å². The summed E-state index contributed by atoms with van der Waals surface area (Å²) < 4.78 is 5.35. The third-order valence-corrected chi connectivity index (χ3v) is 3.47. The highest BCUT2D eigenvalue weighted by Crippen LogP contribution is 2.23. The van der Waals surface area contributed by atoms with Gasteiger partial charge in [-0.2, -0.15) is 0 Å². The predicted molar refractivity (Wildman–Crippen MR) is 58.7 cm³/mol. The standard InChI is InChI=1S/C11H24N2O/c1-3-9(2)11(13-12)8-10-4-6-14-7-5-10/h9-11,13H,3-8,12H2,1-2H3. The monoisotopic (exact) mass is 200 g/mol. The zero-order valence-electron chi connectivity index (χ0n) is 9.46. The molecule has 3 nitrogen and oxygen atoms in total. The number of nitrogens with two attached hydrogens (primary N) is 1. The van der Waals surface area contributed by atoms with Crippen molar-refractivity contribution in [2.75, 3.05) is 13.2 Å². The second kappa shape index (κ2) is 6.38. The number of ether oxygens (including phenoxy) is 1. The van der Waals surface area contributed by atoms with E-state index in [-0.39, 0.29) is 0 Å². The van der Waals surface area contributed by atoms with Crippen LogP contribution in [0.2, 0.25) is 0 Å². The third kappa shape index (κ3) is 3.56. The van der Waals surface area contributed by atoms with Crippen molar-refractivity contribution in [2.24, 2.45) is 17.7 Å². The number of hydrazine groups is 1. The molecule has 3 N–H and O–H groups in total. The molecule has 0 amide bonds. The summed E-state index contributed by atoms with van der Waals surface area (Å²) in [5.74, 6) is 7.06. The molecule has 1 aliphatic heterocycles. The summed E-state index contributed by atoms with van der Waals surface area (Å²) in [6, 6.07) is 0.475. The van der Waals surface area contributed by atoms with Gasteiger partial charge in [0.25, 0.3) is 0 Å². The first-order valence-electron chi connectivity index (χ1n) is 5.81. The van der Waals surface area contributed by atoms with Crippen molar-refractivity contribution >= 4 is 0 Å². The molecule has 0 aromatic heterocycles. The summed E-state index contributed by atoms with van der Waals surface area (Å²) in [4.78, 5) is 0. The van der Waals surface area contributed by atoms with Crippen LogP contribution < -0.4 is 11.3 Å². The van der Waals surface area contributed by atoms with E-state index in [2.05, 4.69) is 19.3 Å². The van der Waals surface area contributed by atoms with Crippen molar-refractivity contribution in [3.8, 4) is 0 Å². The van der Waals surface area contributed by atoms with Crippen LogP contribution in [0.4, 0.5) is 0 Å². The maximum atomic E-state index is 5.59. The van der Waals surface area contributed by atoms with Crippen LogP contribution in [-0.2, 0) is 4.74 Å². The number of rotatable bonds is 5. The first-order valence-corrected chi connectivity index (χ1v) is 5.81. The van der Waals surface area contributed by atoms with E-state index in [4.69, 9.17) is 10.6 Å². The van der Waals surface area contributed by atoms with Gasteiger partial charge in [-0.05, 0) is 31.1 Å². The molecule has 0 radical (unpaired) electrons. The van der Waals surface area contributed by atoms with Crippen molar-refractivity contribution in [1.82, 2.24) is 5.43 Å². The Morgan fingerprint density at radius 3 is 2.57 bits per heavy atom. The minimum atomic E-state index is 0.475. The first-order chi connectivity index (χ1) is 6.77. The van der Waals surface area contributed by atoms with Crippen LogP contribution >= 0.6 is 0 Å². The molecule has 0 spiro atoms. The molecule has 14 heavy (non-hydrogen) atoms. The second-order valence-electron chi connectivity index (χ2n) is 4.45. The van der Waals surface area contributed by atoms with Gasteiger partial charge in [0.1, 0.15) is 0 Å². The molecule has 1 rings (SSSR count). The van der Waals surface area contributed by atoms with E-state index in [1.54, 1.807) is 0 Å². The average molecular weight is 200 g/mol. The molecular weight excluding hydrogens is 176 g/mol. The molecule has 3 heteroatoms. The van der Waals surface area contributed by atoms with Gasteiger partial charge >= 0.3 is 0 Å². The number of hydrogen-bond donors (Lipinski definition) is 2. The molecule has 1 saturated heterocycles. The summed E-state index contributed by atoms with van der Waals surface area (Å²) in [6.07, 6.45) is 4.80. The van der Waals surface area contributed by atoms with Gasteiger partial charge in [-0.25, -0.2) is 0 Å². The third-order valence-electron chi connectivity index (χ3n) is 3.47. The molecule has 2 unspecified atom stereocenters. The van der Waals surface area contributed by atoms with Crippen LogP contribution in [0.25, 0.3) is 0 Å². The lowest BCUT2D eigenvalue weighted by Gasteiger charge is -2.29. The first kappa shape index (κ1) is 12.0. The smallest absolute Gasteiger partial charge is 0.0468 e. The minimum Gasteiger partial charge on any atom is -0.381 e. The van der Waals surface area contributed by atoms with Crippen molar-refractivity contribution in [3.05, 3.63) is 0 Å². The van der Waals surface area contributed by atoms with E-state index in [0.717, 1.165) is 19.1 Å². The molecule has 0 saturated carbocycles. The van der Waals surface area contributed by atoms with Gasteiger partial charge in [0.15, 0.2) is 0 Å². The Morgan fingerprint density at radius 2 is 2.07 bits per heavy atom. The van der Waals surface area contributed by atoms with E-state index >= 15 is 0 Å². The quantitative estimate of drug-likeness (QED) is 0.524. The molecule has 2 atom stereocenters. The Bertz CT molecular complexity index is 146. The van der Waals surface area contributed by atoms with Gasteiger partial charge in [-0.3, -0.25) is 11.3 Å². The van der Waals surface area contributed by atoms with Crippen LogP contribution in [0.5, 0.6) is 0 Å². The van der Waals surface area contributed by atoms with Gasteiger partial charge in [-0.1, -0.05) is 20.3 Å². The zero-order chi connectivity index (χ0) is 10.4. The SMILES string of the molecule is CCC(C)C(CC1CCOCC1)NN. The van der Waals surface area contributed by atoms with E-state index in [0.29, 0.717) is 12.0 Å². The van der Waals surface area contributed by atoms with Crippen LogP contribution in [0.3, 0.4) is 0 Å². The summed E-state index contributed by atoms with van der Waals surface area (Å²) >= 11 is 0. The average Bonchev–Trinajstić information content (AvgIpc) is 2.26. The molecule has 0 bridgehead atoms. The number of nitrogens with one attached hydrogen (secondary N) is 1. The number of hydrogen-bond acceptors (Lipinski definition) is 3. The van der Waals surface area contributed by atoms with Gasteiger partial charge in [0.2, 0.25) is 0 Å². The van der Waals surface area contributed by atoms with Gasteiger partial charge in [0, 0.05) is 19.3 Å². The van der Waals surface area contributed by atoms with E-state index in [1.807, 2.05) is 0 Å². The fraction of sp³-hybridized carbons (Fsp3) is 1.00. The van der Waals surface area contributed by atoms with Gasteiger partial charge in [0.05, 0.1) is 0 Å². The summed E-state index contributed by atoms with van der Waals surface area (Å²) in [5, 5.41) is 0. The maximum Gasteiger partial charge on any atom is 0.0468 e. The van der Waals surface area contributed by atoms with Crippen LogP contribution in [0, 0.1) is 11.8 Å². The van der Waals surface area contributed by atoms with Crippen LogP contribution in [-0.4, -0.2) is 19.3 Å². The normalized spacial score (nSPS) is 23.4. The van der Waals surface area contributed by atoms with Gasteiger partial charge in [-0.15, -0.1) is 0 Å². The van der Waals surface area contributed by atoms with Crippen LogP contribution in [0.15, 0.2) is 0 Å². The predicted octanol–water partition coefficient (Wildman–Crippen LogP) is 1.68. The minimum absolute atomic E-state index is 0.475. The highest BCUT2D eigenvalue weighted by molar-refractivity contribution is 4.75. The largest absolute Gasteiger partial charge is 0.381 e. The topological polar surface area (TPSA) is 47.3 Å².